The molecule has 0 saturated carbocycles. The summed E-state index contributed by atoms with van der Waals surface area (Å²) in [4.78, 5) is 23.8. The van der Waals surface area contributed by atoms with Crippen molar-refractivity contribution < 1.29 is 24.2 Å². The lowest BCUT2D eigenvalue weighted by atomic mass is 10.1. The number of carboxylic acids is 1. The molecule has 1 fully saturated rings. The number of aliphatic carboxylic acids is 1. The van der Waals surface area contributed by atoms with Crippen molar-refractivity contribution in [2.45, 2.75) is 57.3 Å². The number of ether oxygens (including phenoxy) is 2. The first kappa shape index (κ1) is 20.7. The standard InChI is InChI=1S/C19H24O5S2/c1-18(2,3)23-12-9-7-11(8-10-12)13(15(22)24-19(4,5)6)16-25-17(26-16)14(20)21/h7-10,17H,1-6H3,(H,20,21). The maximum atomic E-state index is 12.7. The molecule has 0 radical (unpaired) electrons. The molecule has 26 heavy (non-hydrogen) atoms. The summed E-state index contributed by atoms with van der Waals surface area (Å²) in [5.74, 6) is -0.658. The Morgan fingerprint density at radius 2 is 1.50 bits per heavy atom. The highest BCUT2D eigenvalue weighted by Crippen LogP contribution is 2.54. The average Bonchev–Trinajstić information content (AvgIpc) is 2.39. The van der Waals surface area contributed by atoms with Crippen LogP contribution in [0.2, 0.25) is 0 Å². The summed E-state index contributed by atoms with van der Waals surface area (Å²) in [7, 11) is 0. The van der Waals surface area contributed by atoms with Crippen LogP contribution in [0.15, 0.2) is 28.5 Å². The third-order valence-corrected chi connectivity index (χ3v) is 5.83. The number of rotatable bonds is 4. The van der Waals surface area contributed by atoms with Crippen molar-refractivity contribution in [1.82, 2.24) is 0 Å². The van der Waals surface area contributed by atoms with E-state index in [1.54, 1.807) is 45.0 Å². The van der Waals surface area contributed by atoms with E-state index in [1.165, 1.54) is 0 Å². The van der Waals surface area contributed by atoms with Crippen molar-refractivity contribution >= 4 is 41.0 Å². The summed E-state index contributed by atoms with van der Waals surface area (Å²) in [6.45, 7) is 11.3. The number of thioether (sulfide) groups is 2. The highest BCUT2D eigenvalue weighted by molar-refractivity contribution is 8.39. The lowest BCUT2D eigenvalue weighted by Crippen LogP contribution is -2.26. The van der Waals surface area contributed by atoms with E-state index in [0.717, 1.165) is 23.5 Å². The topological polar surface area (TPSA) is 72.8 Å². The second kappa shape index (κ2) is 7.56. The predicted octanol–water partition coefficient (Wildman–Crippen LogP) is 4.76. The Morgan fingerprint density at radius 3 is 1.92 bits per heavy atom. The number of hydrogen-bond donors (Lipinski definition) is 1. The van der Waals surface area contributed by atoms with E-state index in [-0.39, 0.29) is 5.60 Å². The molecular formula is C19H24O5S2. The molecule has 2 rings (SSSR count). The van der Waals surface area contributed by atoms with Gasteiger partial charge in [0.2, 0.25) is 0 Å². The SMILES string of the molecule is CC(C)(C)OC(=O)C(=C1SC(C(=O)O)S1)c1ccc(OC(C)(C)C)cc1. The molecule has 0 aromatic heterocycles. The molecule has 1 aromatic carbocycles. The second-order valence-electron chi connectivity index (χ2n) is 7.81. The smallest absolute Gasteiger partial charge is 0.340 e. The summed E-state index contributed by atoms with van der Waals surface area (Å²) in [5.41, 5.74) is 0.125. The molecule has 1 aliphatic heterocycles. The Morgan fingerprint density at radius 1 is 0.962 bits per heavy atom. The quantitative estimate of drug-likeness (QED) is 0.581. The minimum Gasteiger partial charge on any atom is -0.488 e. The van der Waals surface area contributed by atoms with Gasteiger partial charge < -0.3 is 14.6 Å². The summed E-state index contributed by atoms with van der Waals surface area (Å²) < 4.78 is 11.4. The zero-order valence-corrected chi connectivity index (χ0v) is 17.4. The highest BCUT2D eigenvalue weighted by Gasteiger charge is 2.37. The van der Waals surface area contributed by atoms with Gasteiger partial charge in [0.05, 0.1) is 9.81 Å². The van der Waals surface area contributed by atoms with E-state index in [2.05, 4.69) is 0 Å². The molecule has 5 nitrogen and oxygen atoms in total. The monoisotopic (exact) mass is 396 g/mol. The van der Waals surface area contributed by atoms with Gasteiger partial charge in [0, 0.05) is 0 Å². The molecule has 7 heteroatoms. The zero-order valence-electron chi connectivity index (χ0n) is 15.8. The predicted molar refractivity (Wildman–Crippen MR) is 106 cm³/mol. The number of hydrogen-bond acceptors (Lipinski definition) is 6. The van der Waals surface area contributed by atoms with E-state index < -0.39 is 22.1 Å². The van der Waals surface area contributed by atoms with Crippen LogP contribution < -0.4 is 4.74 Å². The average molecular weight is 397 g/mol. The van der Waals surface area contributed by atoms with Gasteiger partial charge in [-0.05, 0) is 59.2 Å². The number of carboxylic acid groups (broad SMARTS) is 1. The van der Waals surface area contributed by atoms with Crippen molar-refractivity contribution in [3.63, 3.8) is 0 Å². The maximum Gasteiger partial charge on any atom is 0.340 e. The molecule has 0 unspecified atom stereocenters. The van der Waals surface area contributed by atoms with Crippen LogP contribution >= 0.6 is 23.5 Å². The largest absolute Gasteiger partial charge is 0.488 e. The minimum absolute atomic E-state index is 0.317. The molecule has 0 spiro atoms. The van der Waals surface area contributed by atoms with E-state index >= 15 is 0 Å². The van der Waals surface area contributed by atoms with Crippen LogP contribution in [0.4, 0.5) is 0 Å². The molecule has 1 N–H and O–H groups in total. The van der Waals surface area contributed by atoms with Gasteiger partial charge >= 0.3 is 11.9 Å². The number of carbonyl (C=O) groups excluding carboxylic acids is 1. The number of benzene rings is 1. The van der Waals surface area contributed by atoms with Gasteiger partial charge in [-0.1, -0.05) is 35.7 Å². The van der Waals surface area contributed by atoms with E-state index in [0.29, 0.717) is 21.1 Å². The molecule has 1 aliphatic rings. The molecule has 0 bridgehead atoms. The van der Waals surface area contributed by atoms with Crippen LogP contribution in [-0.2, 0) is 14.3 Å². The fraction of sp³-hybridized carbons (Fsp3) is 0.474. The Hall–Kier alpha value is -1.60. The fourth-order valence-electron chi connectivity index (χ4n) is 2.11. The summed E-state index contributed by atoms with van der Waals surface area (Å²) in [6.07, 6.45) is 0. The minimum atomic E-state index is -0.902. The van der Waals surface area contributed by atoms with Crippen molar-refractivity contribution in [3.05, 3.63) is 34.1 Å². The lowest BCUT2D eigenvalue weighted by Gasteiger charge is -2.28. The van der Waals surface area contributed by atoms with Gasteiger partial charge in [-0.15, -0.1) is 0 Å². The lowest BCUT2D eigenvalue weighted by molar-refractivity contribution is -0.147. The second-order valence-corrected chi connectivity index (χ2v) is 10.6. The van der Waals surface area contributed by atoms with Crippen molar-refractivity contribution in [3.8, 4) is 5.75 Å². The molecule has 1 saturated heterocycles. The van der Waals surface area contributed by atoms with E-state index in [4.69, 9.17) is 14.6 Å². The highest BCUT2D eigenvalue weighted by atomic mass is 32.3. The van der Waals surface area contributed by atoms with Crippen LogP contribution in [0.3, 0.4) is 0 Å². The third kappa shape index (κ3) is 5.71. The van der Waals surface area contributed by atoms with E-state index in [1.807, 2.05) is 20.8 Å². The van der Waals surface area contributed by atoms with Gasteiger partial charge in [-0.25, -0.2) is 4.79 Å². The summed E-state index contributed by atoms with van der Waals surface area (Å²) in [6, 6.07) is 7.19. The zero-order chi connectivity index (χ0) is 19.7. The summed E-state index contributed by atoms with van der Waals surface area (Å²) in [5, 5.41) is 9.08. The maximum absolute atomic E-state index is 12.7. The first-order valence-electron chi connectivity index (χ1n) is 8.19. The number of carbonyl (C=O) groups is 2. The first-order chi connectivity index (χ1) is 11.9. The Kier molecular flexibility index (Phi) is 6.02. The summed E-state index contributed by atoms with van der Waals surface area (Å²) >= 11 is 2.33. The van der Waals surface area contributed by atoms with Gasteiger partial charge in [-0.3, -0.25) is 4.79 Å². The molecule has 0 atom stereocenters. The van der Waals surface area contributed by atoms with Crippen LogP contribution in [0.1, 0.15) is 47.1 Å². The fourth-order valence-corrected chi connectivity index (χ4v) is 4.23. The van der Waals surface area contributed by atoms with Gasteiger partial charge in [0.25, 0.3) is 0 Å². The molecular weight excluding hydrogens is 372 g/mol. The van der Waals surface area contributed by atoms with Crippen molar-refractivity contribution in [1.29, 1.82) is 0 Å². The first-order valence-corrected chi connectivity index (χ1v) is 9.95. The van der Waals surface area contributed by atoms with Gasteiger partial charge in [0.1, 0.15) is 17.0 Å². The molecule has 1 aromatic rings. The molecule has 0 amide bonds. The normalized spacial score (nSPS) is 17.3. The molecule has 1 heterocycles. The molecule has 0 aliphatic carbocycles. The Labute approximate surface area is 162 Å². The van der Waals surface area contributed by atoms with Crippen molar-refractivity contribution in [2.75, 3.05) is 0 Å². The van der Waals surface area contributed by atoms with Crippen LogP contribution in [0.25, 0.3) is 5.57 Å². The Balaban J connectivity index is 2.31. The third-order valence-electron chi connectivity index (χ3n) is 3.00. The number of esters is 1. The van der Waals surface area contributed by atoms with Crippen LogP contribution in [0, 0.1) is 0 Å². The van der Waals surface area contributed by atoms with Crippen LogP contribution in [-0.4, -0.2) is 32.8 Å². The van der Waals surface area contributed by atoms with Crippen LogP contribution in [0.5, 0.6) is 5.75 Å². The van der Waals surface area contributed by atoms with Crippen molar-refractivity contribution in [2.24, 2.45) is 0 Å². The van der Waals surface area contributed by atoms with E-state index in [9.17, 15) is 9.59 Å². The Bertz CT molecular complexity index is 716. The van der Waals surface area contributed by atoms with Gasteiger partial charge in [-0.2, -0.15) is 0 Å². The molecule has 142 valence electrons. The van der Waals surface area contributed by atoms with Gasteiger partial charge in [0.15, 0.2) is 4.58 Å².